The number of aryl methyl sites for hydroxylation is 1. The fourth-order valence-corrected chi connectivity index (χ4v) is 5.55. The minimum atomic E-state index is -2.72. The molecule has 2 aromatic rings. The summed E-state index contributed by atoms with van der Waals surface area (Å²) in [6.07, 6.45) is -1.06. The first-order valence-corrected chi connectivity index (χ1v) is 10.0. The monoisotopic (exact) mass is 418 g/mol. The fraction of sp³-hybridized carbons (Fsp3) is 0.478. The number of carbonyl (C=O) groups is 2. The zero-order valence-corrected chi connectivity index (χ0v) is 16.9. The van der Waals surface area contributed by atoms with E-state index in [1.54, 1.807) is 6.07 Å². The highest BCUT2D eigenvalue weighted by Gasteiger charge is 2.62. The Morgan fingerprint density at radius 2 is 1.97 bits per heavy atom. The first-order valence-electron chi connectivity index (χ1n) is 10.0. The lowest BCUT2D eigenvalue weighted by atomic mass is 9.60. The second-order valence-corrected chi connectivity index (χ2v) is 8.64. The molecule has 4 rings (SSSR count). The molecule has 0 amide bonds. The number of aromatic hydroxyl groups is 1. The first-order chi connectivity index (χ1) is 14.1. The number of rotatable bonds is 4. The maximum Gasteiger partial charge on any atom is 0.303 e. The van der Waals surface area contributed by atoms with E-state index in [1.165, 1.54) is 25.1 Å². The highest BCUT2D eigenvalue weighted by molar-refractivity contribution is 5.93. The topological polar surface area (TPSA) is 83.8 Å². The molecule has 0 saturated heterocycles. The van der Waals surface area contributed by atoms with Crippen LogP contribution in [0.5, 0.6) is 5.75 Å². The number of esters is 1. The largest absolute Gasteiger partial charge is 0.508 e. The van der Waals surface area contributed by atoms with Crippen LogP contribution in [-0.2, 0) is 20.7 Å². The number of fused-ring (bicyclic) bond motifs is 5. The molecule has 0 aromatic heterocycles. The van der Waals surface area contributed by atoms with Gasteiger partial charge < -0.3 is 14.9 Å². The number of ether oxygens (including phenoxy) is 1. The standard InChI is InChI=1S/C23H24F2O5/c1-12(26)30-11-20(28)23(29)8-6-19-17-10-18(21(24)25)16-9-13(27)3-4-14(16)15(17)5-7-22(19,23)2/h3-4,9-10,19,21,27,29H,5-8,11H2,1-2H3/t19-,22-,23-/m0/s1. The first kappa shape index (κ1) is 20.7. The normalized spacial score (nSPS) is 27.7. The van der Waals surface area contributed by atoms with E-state index >= 15 is 0 Å². The maximum absolute atomic E-state index is 13.9. The number of hydrogen-bond donors (Lipinski definition) is 2. The Labute approximate surface area is 172 Å². The van der Waals surface area contributed by atoms with Crippen LogP contribution in [0.1, 0.15) is 62.1 Å². The smallest absolute Gasteiger partial charge is 0.303 e. The molecule has 0 aliphatic heterocycles. The van der Waals surface area contributed by atoms with E-state index < -0.39 is 35.8 Å². The van der Waals surface area contributed by atoms with E-state index in [9.17, 15) is 28.6 Å². The summed E-state index contributed by atoms with van der Waals surface area (Å²) in [5.41, 5.74) is -1.03. The average molecular weight is 418 g/mol. The molecule has 3 atom stereocenters. The Balaban J connectivity index is 1.82. The van der Waals surface area contributed by atoms with E-state index in [0.29, 0.717) is 30.0 Å². The van der Waals surface area contributed by atoms with E-state index in [1.807, 2.05) is 6.92 Å². The number of ketones is 1. The minimum absolute atomic E-state index is 0.0729. The van der Waals surface area contributed by atoms with Crippen LogP contribution in [0.15, 0.2) is 24.3 Å². The van der Waals surface area contributed by atoms with Gasteiger partial charge in [0.15, 0.2) is 6.61 Å². The van der Waals surface area contributed by atoms with Crippen LogP contribution in [0.25, 0.3) is 10.8 Å². The summed E-state index contributed by atoms with van der Waals surface area (Å²) in [5.74, 6) is -1.50. The fourth-order valence-electron chi connectivity index (χ4n) is 5.55. The van der Waals surface area contributed by atoms with Crippen molar-refractivity contribution in [1.29, 1.82) is 0 Å². The average Bonchev–Trinajstić information content (AvgIpc) is 2.97. The van der Waals surface area contributed by atoms with Crippen molar-refractivity contribution in [3.05, 3.63) is 41.0 Å². The molecule has 2 aromatic carbocycles. The van der Waals surface area contributed by atoms with Crippen LogP contribution in [0, 0.1) is 5.41 Å². The predicted molar refractivity (Wildman–Crippen MR) is 106 cm³/mol. The molecule has 2 aliphatic rings. The van der Waals surface area contributed by atoms with Gasteiger partial charge in [0.25, 0.3) is 6.43 Å². The van der Waals surface area contributed by atoms with Crippen molar-refractivity contribution >= 4 is 22.5 Å². The summed E-state index contributed by atoms with van der Waals surface area (Å²) in [4.78, 5) is 23.9. The van der Waals surface area contributed by atoms with Gasteiger partial charge in [-0.05, 0) is 71.7 Å². The third kappa shape index (κ3) is 2.90. The van der Waals surface area contributed by atoms with Crippen molar-refractivity contribution < 1.29 is 33.3 Å². The molecular formula is C23H24F2O5. The summed E-state index contributed by atoms with van der Waals surface area (Å²) in [6, 6.07) is 5.98. The van der Waals surface area contributed by atoms with E-state index in [0.717, 1.165) is 11.1 Å². The van der Waals surface area contributed by atoms with E-state index in [2.05, 4.69) is 0 Å². The molecule has 30 heavy (non-hydrogen) atoms. The third-order valence-corrected chi connectivity index (χ3v) is 7.18. The summed E-state index contributed by atoms with van der Waals surface area (Å²) in [5, 5.41) is 22.2. The Kier molecular flexibility index (Phi) is 4.84. The maximum atomic E-state index is 13.9. The van der Waals surface area contributed by atoms with Crippen molar-refractivity contribution in [3.63, 3.8) is 0 Å². The van der Waals surface area contributed by atoms with Crippen molar-refractivity contribution in [3.8, 4) is 5.75 Å². The van der Waals surface area contributed by atoms with Crippen molar-refractivity contribution in [1.82, 2.24) is 0 Å². The van der Waals surface area contributed by atoms with Crippen LogP contribution in [0.2, 0.25) is 0 Å². The van der Waals surface area contributed by atoms with Gasteiger partial charge in [-0.15, -0.1) is 0 Å². The molecule has 0 heterocycles. The number of alkyl halides is 2. The summed E-state index contributed by atoms with van der Waals surface area (Å²) < 4.78 is 32.5. The van der Waals surface area contributed by atoms with Gasteiger partial charge in [0.2, 0.25) is 5.78 Å². The van der Waals surface area contributed by atoms with Gasteiger partial charge in [-0.3, -0.25) is 9.59 Å². The number of phenolic OH excluding ortho intramolecular Hbond substituents is 1. The van der Waals surface area contributed by atoms with Gasteiger partial charge in [-0.25, -0.2) is 8.78 Å². The number of phenols is 1. The number of benzene rings is 2. The Hall–Kier alpha value is -2.54. The molecule has 1 saturated carbocycles. The predicted octanol–water partition coefficient (Wildman–Crippen LogP) is 4.18. The van der Waals surface area contributed by atoms with Gasteiger partial charge in [0, 0.05) is 17.9 Å². The van der Waals surface area contributed by atoms with Crippen LogP contribution >= 0.6 is 0 Å². The zero-order chi connectivity index (χ0) is 21.8. The third-order valence-electron chi connectivity index (χ3n) is 7.18. The summed E-state index contributed by atoms with van der Waals surface area (Å²) in [6.45, 7) is 2.52. The number of aliphatic hydroxyl groups is 1. The quantitative estimate of drug-likeness (QED) is 0.728. The summed E-state index contributed by atoms with van der Waals surface area (Å²) >= 11 is 0. The second-order valence-electron chi connectivity index (χ2n) is 8.64. The second kappa shape index (κ2) is 7.01. The molecule has 160 valence electrons. The van der Waals surface area contributed by atoms with Crippen LogP contribution in [-0.4, -0.2) is 34.2 Å². The molecule has 0 radical (unpaired) electrons. The van der Waals surface area contributed by atoms with Gasteiger partial charge in [0.05, 0.1) is 0 Å². The number of carbonyl (C=O) groups excluding carboxylic acids is 2. The molecule has 5 nitrogen and oxygen atoms in total. The van der Waals surface area contributed by atoms with Gasteiger partial charge in [-0.1, -0.05) is 13.0 Å². The minimum Gasteiger partial charge on any atom is -0.508 e. The molecule has 0 unspecified atom stereocenters. The van der Waals surface area contributed by atoms with E-state index in [-0.39, 0.29) is 23.7 Å². The Bertz CT molecular complexity index is 1050. The lowest BCUT2D eigenvalue weighted by molar-refractivity contribution is -0.161. The molecule has 0 bridgehead atoms. The van der Waals surface area contributed by atoms with Crippen molar-refractivity contribution in [2.45, 2.75) is 57.5 Å². The molecule has 0 spiro atoms. The van der Waals surface area contributed by atoms with Gasteiger partial charge in [-0.2, -0.15) is 0 Å². The number of Topliss-reactive ketones (excluding diaryl/α,β-unsaturated/α-hetero) is 1. The lowest BCUT2D eigenvalue weighted by Crippen LogP contribution is -2.53. The van der Waals surface area contributed by atoms with Gasteiger partial charge in [0.1, 0.15) is 11.4 Å². The lowest BCUT2D eigenvalue weighted by Gasteiger charge is -2.46. The summed E-state index contributed by atoms with van der Waals surface area (Å²) in [7, 11) is 0. The SMILES string of the molecule is CC(=O)OCC(=O)[C@@]1(O)CC[C@H]2c3cc(C(F)F)c4cc(O)ccc4c3CC[C@@]21C. The molecule has 1 fully saturated rings. The number of hydrogen-bond acceptors (Lipinski definition) is 5. The Morgan fingerprint density at radius 1 is 1.23 bits per heavy atom. The van der Waals surface area contributed by atoms with Crippen molar-refractivity contribution in [2.75, 3.05) is 6.61 Å². The van der Waals surface area contributed by atoms with Crippen LogP contribution in [0.3, 0.4) is 0 Å². The molecular weight excluding hydrogens is 394 g/mol. The zero-order valence-electron chi connectivity index (χ0n) is 16.9. The van der Waals surface area contributed by atoms with Crippen LogP contribution in [0.4, 0.5) is 8.78 Å². The molecule has 2 N–H and O–H groups in total. The van der Waals surface area contributed by atoms with E-state index in [4.69, 9.17) is 4.74 Å². The van der Waals surface area contributed by atoms with Crippen molar-refractivity contribution in [2.24, 2.45) is 5.41 Å². The highest BCUT2D eigenvalue weighted by atomic mass is 19.3. The highest BCUT2D eigenvalue weighted by Crippen LogP contribution is 2.61. The molecule has 2 aliphatic carbocycles. The number of halogens is 2. The van der Waals surface area contributed by atoms with Crippen LogP contribution < -0.4 is 0 Å². The Morgan fingerprint density at radius 3 is 2.63 bits per heavy atom. The molecule has 7 heteroatoms. The van der Waals surface area contributed by atoms with Gasteiger partial charge >= 0.3 is 5.97 Å².